The summed E-state index contributed by atoms with van der Waals surface area (Å²) in [5, 5.41) is 23.3. The van der Waals surface area contributed by atoms with Crippen molar-refractivity contribution in [2.75, 3.05) is 7.05 Å². The average molecular weight is 298 g/mol. The summed E-state index contributed by atoms with van der Waals surface area (Å²) in [5.41, 5.74) is -0.906. The number of ether oxygens (including phenoxy) is 1. The average Bonchev–Trinajstić information content (AvgIpc) is 2.38. The van der Waals surface area contributed by atoms with E-state index in [1.54, 1.807) is 20.9 Å². The van der Waals surface area contributed by atoms with E-state index in [9.17, 15) is 10.1 Å². The van der Waals surface area contributed by atoms with E-state index in [1.807, 2.05) is 0 Å². The number of nitro groups is 1. The molecule has 2 atom stereocenters. The molecule has 0 spiro atoms. The van der Waals surface area contributed by atoms with Crippen LogP contribution in [0.25, 0.3) is 0 Å². The van der Waals surface area contributed by atoms with Gasteiger partial charge in [0.15, 0.2) is 5.75 Å². The lowest BCUT2D eigenvalue weighted by Crippen LogP contribution is -2.41. The quantitative estimate of drug-likeness (QED) is 0.644. The van der Waals surface area contributed by atoms with Gasteiger partial charge in [-0.25, -0.2) is 0 Å². The molecule has 6 nitrogen and oxygen atoms in total. The number of nitriles is 1. The molecule has 7 heteroatoms. The molecule has 0 aromatic heterocycles. The van der Waals surface area contributed by atoms with Crippen LogP contribution in [0.2, 0.25) is 5.02 Å². The summed E-state index contributed by atoms with van der Waals surface area (Å²) in [6.45, 7) is 3.48. The monoisotopic (exact) mass is 297 g/mol. The molecular formula is C13H16ClN3O3. The summed E-state index contributed by atoms with van der Waals surface area (Å²) >= 11 is 5.83. The molecule has 0 radical (unpaired) electrons. The van der Waals surface area contributed by atoms with Gasteiger partial charge in [0, 0.05) is 23.6 Å². The van der Waals surface area contributed by atoms with Crippen LogP contribution in [0.1, 0.15) is 20.3 Å². The highest BCUT2D eigenvalue weighted by Crippen LogP contribution is 2.31. The molecule has 0 fully saturated rings. The molecular weight excluding hydrogens is 282 g/mol. The first-order valence-electron chi connectivity index (χ1n) is 6.02. The van der Waals surface area contributed by atoms with Crippen LogP contribution in [-0.2, 0) is 0 Å². The van der Waals surface area contributed by atoms with E-state index in [0.29, 0.717) is 11.4 Å². The van der Waals surface area contributed by atoms with Gasteiger partial charge in [0.05, 0.1) is 17.1 Å². The van der Waals surface area contributed by atoms with Crippen molar-refractivity contribution >= 4 is 17.3 Å². The fourth-order valence-electron chi connectivity index (χ4n) is 1.77. The van der Waals surface area contributed by atoms with Gasteiger partial charge in [0.1, 0.15) is 5.54 Å². The third kappa shape index (κ3) is 4.08. The van der Waals surface area contributed by atoms with Crippen molar-refractivity contribution in [3.05, 3.63) is 33.3 Å². The Balaban J connectivity index is 2.91. The minimum Gasteiger partial charge on any atom is -0.484 e. The predicted molar refractivity (Wildman–Crippen MR) is 75.9 cm³/mol. The maximum Gasteiger partial charge on any atom is 0.311 e. The number of nitrogens with one attached hydrogen (secondary N) is 1. The highest BCUT2D eigenvalue weighted by Gasteiger charge is 2.26. The first kappa shape index (κ1) is 16.2. The Bertz CT molecular complexity index is 544. The first-order valence-corrected chi connectivity index (χ1v) is 6.40. The topological polar surface area (TPSA) is 88.2 Å². The van der Waals surface area contributed by atoms with Crippen molar-refractivity contribution in [1.29, 1.82) is 5.26 Å². The number of nitro benzene ring substituents is 1. The second-order valence-electron chi connectivity index (χ2n) is 4.70. The van der Waals surface area contributed by atoms with E-state index >= 15 is 0 Å². The normalized spacial score (nSPS) is 14.9. The summed E-state index contributed by atoms with van der Waals surface area (Å²) in [7, 11) is 1.68. The largest absolute Gasteiger partial charge is 0.484 e. The van der Waals surface area contributed by atoms with Gasteiger partial charge >= 0.3 is 5.69 Å². The molecule has 1 aromatic rings. The fourth-order valence-corrected chi connectivity index (χ4v) is 1.93. The molecule has 1 N–H and O–H groups in total. The van der Waals surface area contributed by atoms with Crippen molar-refractivity contribution < 1.29 is 9.66 Å². The standard InChI is InChI=1S/C13H16ClN3O3/c1-9(7-13(2,8-15)16-3)20-12-6-10(14)4-5-11(12)17(18)19/h4-6,9,16H,7H2,1-3H3. The highest BCUT2D eigenvalue weighted by atomic mass is 35.5. The molecule has 2 unspecified atom stereocenters. The molecule has 0 amide bonds. The number of halogens is 1. The van der Waals surface area contributed by atoms with Gasteiger partial charge in [0.25, 0.3) is 0 Å². The van der Waals surface area contributed by atoms with Crippen molar-refractivity contribution in [1.82, 2.24) is 5.32 Å². The minimum atomic E-state index is -0.757. The van der Waals surface area contributed by atoms with Crippen molar-refractivity contribution in [3.8, 4) is 11.8 Å². The molecule has 0 aliphatic heterocycles. The van der Waals surface area contributed by atoms with Crippen molar-refractivity contribution in [2.45, 2.75) is 31.9 Å². The SMILES string of the molecule is CNC(C)(C#N)CC(C)Oc1cc(Cl)ccc1[N+](=O)[O-]. The summed E-state index contributed by atoms with van der Waals surface area (Å²) < 4.78 is 5.57. The Hall–Kier alpha value is -1.84. The van der Waals surface area contributed by atoms with Crippen molar-refractivity contribution in [2.24, 2.45) is 0 Å². The van der Waals surface area contributed by atoms with Gasteiger partial charge in [-0.2, -0.15) is 5.26 Å². The second kappa shape index (κ2) is 6.55. The zero-order valence-corrected chi connectivity index (χ0v) is 12.3. The lowest BCUT2D eigenvalue weighted by atomic mass is 9.97. The lowest BCUT2D eigenvalue weighted by Gasteiger charge is -2.25. The Morgan fingerprint density at radius 2 is 2.30 bits per heavy atom. The van der Waals surface area contributed by atoms with Crippen LogP contribution in [0, 0.1) is 21.4 Å². The number of nitrogens with zero attached hydrogens (tertiary/aromatic N) is 2. The fraction of sp³-hybridized carbons (Fsp3) is 0.462. The third-order valence-electron chi connectivity index (χ3n) is 2.94. The van der Waals surface area contributed by atoms with E-state index in [4.69, 9.17) is 21.6 Å². The van der Waals surface area contributed by atoms with Crippen LogP contribution < -0.4 is 10.1 Å². The molecule has 0 heterocycles. The Kier molecular flexibility index (Phi) is 5.31. The van der Waals surface area contributed by atoms with Crippen LogP contribution in [-0.4, -0.2) is 23.6 Å². The van der Waals surface area contributed by atoms with E-state index < -0.39 is 10.5 Å². The lowest BCUT2D eigenvalue weighted by molar-refractivity contribution is -0.386. The van der Waals surface area contributed by atoms with E-state index in [0.717, 1.165) is 0 Å². The van der Waals surface area contributed by atoms with E-state index in [2.05, 4.69) is 11.4 Å². The maximum absolute atomic E-state index is 10.9. The minimum absolute atomic E-state index is 0.103. The molecule has 0 saturated carbocycles. The number of hydrogen-bond acceptors (Lipinski definition) is 5. The maximum atomic E-state index is 10.9. The predicted octanol–water partition coefficient (Wildman–Crippen LogP) is 2.91. The molecule has 0 aliphatic carbocycles. The molecule has 1 rings (SSSR count). The zero-order valence-electron chi connectivity index (χ0n) is 11.5. The molecule has 0 bridgehead atoms. The number of benzene rings is 1. The van der Waals surface area contributed by atoms with Gasteiger partial charge in [-0.15, -0.1) is 0 Å². The molecule has 0 aliphatic rings. The van der Waals surface area contributed by atoms with Gasteiger partial charge in [-0.3, -0.25) is 10.1 Å². The van der Waals surface area contributed by atoms with Crippen LogP contribution >= 0.6 is 11.6 Å². The zero-order chi connectivity index (χ0) is 15.3. The third-order valence-corrected chi connectivity index (χ3v) is 3.18. The highest BCUT2D eigenvalue weighted by molar-refractivity contribution is 6.30. The van der Waals surface area contributed by atoms with E-state index in [1.165, 1.54) is 18.2 Å². The number of hydrogen-bond donors (Lipinski definition) is 1. The van der Waals surface area contributed by atoms with Crippen LogP contribution in [0.3, 0.4) is 0 Å². The van der Waals surface area contributed by atoms with Crippen LogP contribution in [0.5, 0.6) is 5.75 Å². The summed E-state index contributed by atoms with van der Waals surface area (Å²) in [6.07, 6.45) is -0.00630. The molecule has 1 aromatic carbocycles. The summed E-state index contributed by atoms with van der Waals surface area (Å²) in [4.78, 5) is 10.4. The van der Waals surface area contributed by atoms with Crippen LogP contribution in [0.15, 0.2) is 18.2 Å². The Morgan fingerprint density at radius 1 is 1.65 bits per heavy atom. The molecule has 20 heavy (non-hydrogen) atoms. The summed E-state index contributed by atoms with van der Waals surface area (Å²) in [6, 6.07) is 6.28. The summed E-state index contributed by atoms with van der Waals surface area (Å²) in [5.74, 6) is 0.103. The number of rotatable bonds is 6. The molecule has 0 saturated heterocycles. The van der Waals surface area contributed by atoms with Gasteiger partial charge in [-0.05, 0) is 27.0 Å². The second-order valence-corrected chi connectivity index (χ2v) is 5.13. The Morgan fingerprint density at radius 3 is 2.80 bits per heavy atom. The van der Waals surface area contributed by atoms with Gasteiger partial charge in [-0.1, -0.05) is 11.6 Å². The van der Waals surface area contributed by atoms with Gasteiger partial charge in [0.2, 0.25) is 0 Å². The molecule has 108 valence electrons. The first-order chi connectivity index (χ1) is 9.31. The van der Waals surface area contributed by atoms with Crippen molar-refractivity contribution in [3.63, 3.8) is 0 Å². The smallest absolute Gasteiger partial charge is 0.311 e. The van der Waals surface area contributed by atoms with Gasteiger partial charge < -0.3 is 10.1 Å². The Labute approximate surface area is 122 Å². The van der Waals surface area contributed by atoms with Crippen LogP contribution in [0.4, 0.5) is 5.69 Å². The van der Waals surface area contributed by atoms with E-state index in [-0.39, 0.29) is 17.5 Å².